The molecule has 1 aliphatic heterocycles. The summed E-state index contributed by atoms with van der Waals surface area (Å²) in [6, 6.07) is 3.59. The molecule has 5 heteroatoms. The van der Waals surface area contributed by atoms with Crippen LogP contribution in [0.15, 0.2) is 12.1 Å². The van der Waals surface area contributed by atoms with E-state index in [0.29, 0.717) is 11.8 Å². The van der Waals surface area contributed by atoms with E-state index in [1.807, 2.05) is 6.07 Å². The second kappa shape index (κ2) is 7.67. The summed E-state index contributed by atoms with van der Waals surface area (Å²) >= 11 is 5.66. The molecule has 100 valence electrons. The zero-order chi connectivity index (χ0) is 12.6. The summed E-state index contributed by atoms with van der Waals surface area (Å²) in [6.07, 6.45) is 5.02. The summed E-state index contributed by atoms with van der Waals surface area (Å²) < 4.78 is 5.59. The number of aromatic nitrogens is 2. The van der Waals surface area contributed by atoms with Crippen molar-refractivity contribution in [1.29, 1.82) is 0 Å². The first-order chi connectivity index (χ1) is 8.84. The highest BCUT2D eigenvalue weighted by Gasteiger charge is 2.11. The fourth-order valence-electron chi connectivity index (χ4n) is 2.24. The molecule has 2 heterocycles. The Bertz CT molecular complexity index is 339. The van der Waals surface area contributed by atoms with Crippen LogP contribution in [0.1, 0.15) is 31.4 Å². The average molecular weight is 270 g/mol. The van der Waals surface area contributed by atoms with Crippen molar-refractivity contribution in [3.63, 3.8) is 0 Å². The second-order valence-corrected chi connectivity index (χ2v) is 5.12. The number of hydrogen-bond acceptors (Lipinski definition) is 4. The molecule has 1 fully saturated rings. The van der Waals surface area contributed by atoms with Gasteiger partial charge in [0.05, 0.1) is 12.3 Å². The number of ether oxygens (including phenoxy) is 1. The Balaban J connectivity index is 1.54. The minimum Gasteiger partial charge on any atom is -0.375 e. The maximum absolute atomic E-state index is 5.66. The van der Waals surface area contributed by atoms with Crippen LogP contribution < -0.4 is 5.32 Å². The predicted molar refractivity (Wildman–Crippen MR) is 71.5 cm³/mol. The van der Waals surface area contributed by atoms with E-state index in [9.17, 15) is 0 Å². The molecule has 0 aromatic carbocycles. The first-order valence-corrected chi connectivity index (χ1v) is 6.99. The van der Waals surface area contributed by atoms with Crippen LogP contribution in [0.25, 0.3) is 0 Å². The monoisotopic (exact) mass is 269 g/mol. The van der Waals surface area contributed by atoms with Crippen molar-refractivity contribution in [2.24, 2.45) is 5.92 Å². The van der Waals surface area contributed by atoms with E-state index in [1.54, 1.807) is 6.07 Å². The molecule has 0 spiro atoms. The molecule has 0 atom stereocenters. The molecule has 0 bridgehead atoms. The maximum Gasteiger partial charge on any atom is 0.151 e. The predicted octanol–water partition coefficient (Wildman–Crippen LogP) is 2.43. The van der Waals surface area contributed by atoms with Gasteiger partial charge in [-0.15, -0.1) is 5.10 Å². The van der Waals surface area contributed by atoms with Gasteiger partial charge in [0.25, 0.3) is 0 Å². The van der Waals surface area contributed by atoms with E-state index in [-0.39, 0.29) is 0 Å². The fraction of sp³-hybridized carbons (Fsp3) is 0.692. The molecule has 0 radical (unpaired) electrons. The standard InChI is InChI=1S/C13H20ClN3O/c14-13-4-3-12(16-17-13)10-18-9-1-2-11-5-7-15-8-6-11/h3-4,11,15H,1-2,5-10H2. The highest BCUT2D eigenvalue weighted by atomic mass is 35.5. The summed E-state index contributed by atoms with van der Waals surface area (Å²) in [5, 5.41) is 11.5. The summed E-state index contributed by atoms with van der Waals surface area (Å²) in [4.78, 5) is 0. The molecule has 1 aromatic heterocycles. The smallest absolute Gasteiger partial charge is 0.151 e. The van der Waals surface area contributed by atoms with Gasteiger partial charge in [0.1, 0.15) is 0 Å². The summed E-state index contributed by atoms with van der Waals surface area (Å²) in [5.41, 5.74) is 0.835. The lowest BCUT2D eigenvalue weighted by Gasteiger charge is -2.22. The summed E-state index contributed by atoms with van der Waals surface area (Å²) in [7, 11) is 0. The van der Waals surface area contributed by atoms with Gasteiger partial charge in [-0.2, -0.15) is 5.10 Å². The summed E-state index contributed by atoms with van der Waals surface area (Å²) in [5.74, 6) is 0.880. The van der Waals surface area contributed by atoms with Crippen LogP contribution in [0, 0.1) is 5.92 Å². The van der Waals surface area contributed by atoms with Gasteiger partial charge in [0, 0.05) is 6.61 Å². The normalized spacial score (nSPS) is 16.9. The first kappa shape index (κ1) is 13.7. The lowest BCUT2D eigenvalue weighted by Crippen LogP contribution is -2.27. The van der Waals surface area contributed by atoms with Crippen molar-refractivity contribution in [1.82, 2.24) is 15.5 Å². The van der Waals surface area contributed by atoms with Gasteiger partial charge in [-0.3, -0.25) is 0 Å². The number of piperidine rings is 1. The Labute approximate surface area is 113 Å². The number of hydrogen-bond donors (Lipinski definition) is 1. The zero-order valence-corrected chi connectivity index (χ0v) is 11.3. The minimum atomic E-state index is 0.421. The third kappa shape index (κ3) is 4.88. The summed E-state index contributed by atoms with van der Waals surface area (Å²) in [6.45, 7) is 3.67. The van der Waals surface area contributed by atoms with E-state index in [0.717, 1.165) is 24.6 Å². The molecular weight excluding hydrogens is 250 g/mol. The largest absolute Gasteiger partial charge is 0.375 e. The van der Waals surface area contributed by atoms with E-state index < -0.39 is 0 Å². The van der Waals surface area contributed by atoms with E-state index in [2.05, 4.69) is 15.5 Å². The van der Waals surface area contributed by atoms with Gasteiger partial charge < -0.3 is 10.1 Å². The Morgan fingerprint density at radius 3 is 2.83 bits per heavy atom. The Morgan fingerprint density at radius 2 is 2.11 bits per heavy atom. The van der Waals surface area contributed by atoms with Gasteiger partial charge in [0.15, 0.2) is 5.15 Å². The molecule has 1 saturated heterocycles. The Kier molecular flexibility index (Phi) is 5.84. The fourth-order valence-corrected chi connectivity index (χ4v) is 2.34. The van der Waals surface area contributed by atoms with Gasteiger partial charge in [-0.25, -0.2) is 0 Å². The molecular formula is C13H20ClN3O. The van der Waals surface area contributed by atoms with Gasteiger partial charge in [-0.1, -0.05) is 11.6 Å². The van der Waals surface area contributed by atoms with Gasteiger partial charge in [0.2, 0.25) is 0 Å². The topological polar surface area (TPSA) is 47.0 Å². The van der Waals surface area contributed by atoms with Crippen LogP contribution >= 0.6 is 11.6 Å². The number of nitrogens with one attached hydrogen (secondary N) is 1. The lowest BCUT2D eigenvalue weighted by atomic mass is 9.93. The number of nitrogens with zero attached hydrogens (tertiary/aromatic N) is 2. The number of halogens is 1. The van der Waals surface area contributed by atoms with Crippen molar-refractivity contribution in [2.75, 3.05) is 19.7 Å². The number of rotatable bonds is 6. The minimum absolute atomic E-state index is 0.421. The van der Waals surface area contributed by atoms with Gasteiger partial charge >= 0.3 is 0 Å². The molecule has 18 heavy (non-hydrogen) atoms. The molecule has 0 aliphatic carbocycles. The van der Waals surface area contributed by atoms with Crippen LogP contribution in [0.3, 0.4) is 0 Å². The highest BCUT2D eigenvalue weighted by Crippen LogP contribution is 2.17. The second-order valence-electron chi connectivity index (χ2n) is 4.74. The SMILES string of the molecule is Clc1ccc(COCCCC2CCNCC2)nn1. The van der Waals surface area contributed by atoms with Crippen LogP contribution in [0.2, 0.25) is 5.15 Å². The quantitative estimate of drug-likeness (QED) is 0.806. The van der Waals surface area contributed by atoms with E-state index in [4.69, 9.17) is 16.3 Å². The highest BCUT2D eigenvalue weighted by molar-refractivity contribution is 6.29. The van der Waals surface area contributed by atoms with Crippen LogP contribution in [0.5, 0.6) is 0 Å². The molecule has 4 nitrogen and oxygen atoms in total. The van der Waals surface area contributed by atoms with Crippen molar-refractivity contribution >= 4 is 11.6 Å². The average Bonchev–Trinajstić information content (AvgIpc) is 2.42. The van der Waals surface area contributed by atoms with E-state index >= 15 is 0 Å². The molecule has 1 aromatic rings. The lowest BCUT2D eigenvalue weighted by molar-refractivity contribution is 0.109. The molecule has 0 unspecified atom stereocenters. The molecule has 1 aliphatic rings. The maximum atomic E-state index is 5.66. The van der Waals surface area contributed by atoms with Crippen molar-refractivity contribution in [2.45, 2.75) is 32.3 Å². The van der Waals surface area contributed by atoms with Crippen LogP contribution in [0.4, 0.5) is 0 Å². The molecule has 0 saturated carbocycles. The molecule has 2 rings (SSSR count). The van der Waals surface area contributed by atoms with Crippen LogP contribution in [-0.4, -0.2) is 29.9 Å². The third-order valence-corrected chi connectivity index (χ3v) is 3.50. The van der Waals surface area contributed by atoms with Gasteiger partial charge in [-0.05, 0) is 56.8 Å². The van der Waals surface area contributed by atoms with E-state index in [1.165, 1.54) is 32.4 Å². The Morgan fingerprint density at radius 1 is 1.28 bits per heavy atom. The molecule has 1 N–H and O–H groups in total. The van der Waals surface area contributed by atoms with Crippen molar-refractivity contribution < 1.29 is 4.74 Å². The van der Waals surface area contributed by atoms with Crippen molar-refractivity contribution in [3.8, 4) is 0 Å². The molecule has 0 amide bonds. The zero-order valence-electron chi connectivity index (χ0n) is 10.6. The van der Waals surface area contributed by atoms with Crippen LogP contribution in [-0.2, 0) is 11.3 Å². The third-order valence-electron chi connectivity index (χ3n) is 3.30. The first-order valence-electron chi connectivity index (χ1n) is 6.61. The Hall–Kier alpha value is -0.710. The van der Waals surface area contributed by atoms with Crippen molar-refractivity contribution in [3.05, 3.63) is 23.0 Å².